The maximum atomic E-state index is 13.7. The number of likely N-dealkylation sites (N-methyl/N-ethyl adjacent to an activating group) is 1. The zero-order chi connectivity index (χ0) is 22.3. The van der Waals surface area contributed by atoms with Gasteiger partial charge in [0.1, 0.15) is 6.54 Å². The van der Waals surface area contributed by atoms with Gasteiger partial charge >= 0.3 is 6.18 Å². The lowest BCUT2D eigenvalue weighted by Gasteiger charge is -2.19. The second-order valence-corrected chi connectivity index (χ2v) is 6.17. The molecule has 0 heterocycles. The number of para-hydroxylation sites is 1. The van der Waals surface area contributed by atoms with Gasteiger partial charge in [0.15, 0.2) is 11.6 Å². The summed E-state index contributed by atoms with van der Waals surface area (Å²) < 4.78 is 57.6. The molecule has 9 heteroatoms. The highest BCUT2D eigenvalue weighted by atomic mass is 19.4. The maximum absolute atomic E-state index is 13.7. The molecule has 0 atom stereocenters. The van der Waals surface area contributed by atoms with Gasteiger partial charge in [-0.25, -0.2) is 4.39 Å². The molecule has 0 unspecified atom stereocenters. The van der Waals surface area contributed by atoms with Crippen LogP contribution in [0.15, 0.2) is 48.5 Å². The monoisotopic (exact) mass is 424 g/mol. The van der Waals surface area contributed by atoms with Crippen molar-refractivity contribution in [1.29, 1.82) is 0 Å². The van der Waals surface area contributed by atoms with Crippen molar-refractivity contribution in [1.82, 2.24) is 4.90 Å². The Morgan fingerprint density at radius 1 is 1.17 bits per heavy atom. The highest BCUT2D eigenvalue weighted by molar-refractivity contribution is 5.98. The maximum Gasteiger partial charge on any atom is 0.418 e. The van der Waals surface area contributed by atoms with Gasteiger partial charge in [-0.15, -0.1) is 0 Å². The molecule has 0 radical (unpaired) electrons. The van der Waals surface area contributed by atoms with Crippen molar-refractivity contribution in [2.45, 2.75) is 13.1 Å². The first-order valence-corrected chi connectivity index (χ1v) is 8.92. The van der Waals surface area contributed by atoms with Gasteiger partial charge in [0, 0.05) is 12.6 Å². The molecule has 1 N–H and O–H groups in total. The van der Waals surface area contributed by atoms with E-state index in [1.165, 1.54) is 37.5 Å². The van der Waals surface area contributed by atoms with Crippen molar-refractivity contribution in [3.8, 4) is 5.75 Å². The summed E-state index contributed by atoms with van der Waals surface area (Å²) in [6.45, 7) is 1.33. The van der Waals surface area contributed by atoms with Crippen molar-refractivity contribution < 1.29 is 31.9 Å². The van der Waals surface area contributed by atoms with Gasteiger partial charge in [0.25, 0.3) is 0 Å². The molecule has 2 rings (SSSR count). The minimum absolute atomic E-state index is 0.0597. The van der Waals surface area contributed by atoms with Gasteiger partial charge in [-0.3, -0.25) is 9.59 Å². The van der Waals surface area contributed by atoms with Gasteiger partial charge in [-0.1, -0.05) is 18.2 Å². The molecule has 0 aliphatic heterocycles. The zero-order valence-electron chi connectivity index (χ0n) is 16.3. The lowest BCUT2D eigenvalue weighted by molar-refractivity contribution is -0.137. The number of amides is 2. The minimum atomic E-state index is -4.62. The number of carbonyl (C=O) groups excluding carboxylic acids is 2. The minimum Gasteiger partial charge on any atom is -0.494 e. The second-order valence-electron chi connectivity index (χ2n) is 6.17. The number of nitrogens with zero attached hydrogens (tertiary/aromatic N) is 1. The number of methoxy groups -OCH3 is 1. The number of halogens is 4. The summed E-state index contributed by atoms with van der Waals surface area (Å²) in [6, 6.07) is 8.70. The summed E-state index contributed by atoms with van der Waals surface area (Å²) in [7, 11) is 1.33. The fourth-order valence-electron chi connectivity index (χ4n) is 2.61. The molecule has 0 spiro atoms. The third-order valence-corrected chi connectivity index (χ3v) is 4.13. The third-order valence-electron chi connectivity index (χ3n) is 4.13. The Hall–Kier alpha value is -3.36. The Morgan fingerprint density at radius 3 is 2.47 bits per heavy atom. The fourth-order valence-corrected chi connectivity index (χ4v) is 2.61. The first-order valence-electron chi connectivity index (χ1n) is 8.92. The van der Waals surface area contributed by atoms with E-state index < -0.39 is 35.9 Å². The van der Waals surface area contributed by atoms with Crippen LogP contribution >= 0.6 is 0 Å². The molecular formula is C21H20F4N2O3. The second kappa shape index (κ2) is 9.91. The molecule has 2 aromatic carbocycles. The summed E-state index contributed by atoms with van der Waals surface area (Å²) >= 11 is 0. The molecule has 0 aliphatic rings. The molecule has 2 aromatic rings. The van der Waals surface area contributed by atoms with Crippen molar-refractivity contribution in [2.24, 2.45) is 0 Å². The van der Waals surface area contributed by atoms with Crippen LogP contribution in [0.25, 0.3) is 6.08 Å². The van der Waals surface area contributed by atoms with E-state index in [1.807, 2.05) is 0 Å². The Bertz CT molecular complexity index is 942. The molecule has 30 heavy (non-hydrogen) atoms. The van der Waals surface area contributed by atoms with Gasteiger partial charge in [0.05, 0.1) is 18.4 Å². The highest BCUT2D eigenvalue weighted by Gasteiger charge is 2.33. The van der Waals surface area contributed by atoms with Crippen LogP contribution in [0.1, 0.15) is 18.1 Å². The Labute approximate surface area is 170 Å². The number of alkyl halides is 3. The number of rotatable bonds is 7. The number of benzene rings is 2. The van der Waals surface area contributed by atoms with Crippen LogP contribution in [0.4, 0.5) is 23.2 Å². The van der Waals surface area contributed by atoms with Crippen LogP contribution in [0.2, 0.25) is 0 Å². The largest absolute Gasteiger partial charge is 0.494 e. The molecule has 0 saturated heterocycles. The normalized spacial score (nSPS) is 11.4. The van der Waals surface area contributed by atoms with E-state index in [2.05, 4.69) is 5.32 Å². The van der Waals surface area contributed by atoms with Gasteiger partial charge in [0.2, 0.25) is 11.8 Å². The summed E-state index contributed by atoms with van der Waals surface area (Å²) in [5, 5.41) is 2.19. The topological polar surface area (TPSA) is 58.6 Å². The third kappa shape index (κ3) is 6.07. The summed E-state index contributed by atoms with van der Waals surface area (Å²) in [5.41, 5.74) is -0.960. The molecule has 0 bridgehead atoms. The molecule has 0 saturated carbocycles. The Kier molecular flexibility index (Phi) is 7.57. The van der Waals surface area contributed by atoms with Gasteiger partial charge < -0.3 is 15.0 Å². The number of carbonyl (C=O) groups is 2. The quantitative estimate of drug-likeness (QED) is 0.531. The summed E-state index contributed by atoms with van der Waals surface area (Å²) in [5.74, 6) is -1.86. The van der Waals surface area contributed by atoms with Gasteiger partial charge in [-0.05, 0) is 42.8 Å². The van der Waals surface area contributed by atoms with E-state index >= 15 is 0 Å². The average molecular weight is 424 g/mol. The van der Waals surface area contributed by atoms with Crippen LogP contribution in [-0.4, -0.2) is 36.9 Å². The lowest BCUT2D eigenvalue weighted by atomic mass is 10.1. The number of nitrogens with one attached hydrogen (secondary N) is 1. The SMILES string of the molecule is CCN(CC(=O)Nc1ccccc1C(F)(F)F)C(=O)/C=C/c1ccc(OC)c(F)c1. The predicted octanol–water partition coefficient (Wildman–Crippen LogP) is 4.35. The summed E-state index contributed by atoms with van der Waals surface area (Å²) in [6.07, 6.45) is -2.10. The predicted molar refractivity (Wildman–Crippen MR) is 104 cm³/mol. The zero-order valence-corrected chi connectivity index (χ0v) is 16.3. The van der Waals surface area contributed by atoms with Crippen molar-refractivity contribution in [2.75, 3.05) is 25.5 Å². The number of hydrogen-bond donors (Lipinski definition) is 1. The Balaban J connectivity index is 2.05. The van der Waals surface area contributed by atoms with E-state index in [9.17, 15) is 27.2 Å². The smallest absolute Gasteiger partial charge is 0.418 e. The van der Waals surface area contributed by atoms with Crippen molar-refractivity contribution >= 4 is 23.6 Å². The van der Waals surface area contributed by atoms with Crippen LogP contribution in [0.5, 0.6) is 5.75 Å². The fraction of sp³-hybridized carbons (Fsp3) is 0.238. The highest BCUT2D eigenvalue weighted by Crippen LogP contribution is 2.34. The van der Waals surface area contributed by atoms with Crippen molar-refractivity contribution in [3.05, 3.63) is 65.5 Å². The van der Waals surface area contributed by atoms with E-state index in [4.69, 9.17) is 4.74 Å². The lowest BCUT2D eigenvalue weighted by Crippen LogP contribution is -2.37. The van der Waals surface area contributed by atoms with Gasteiger partial charge in [-0.2, -0.15) is 13.2 Å². The summed E-state index contributed by atoms with van der Waals surface area (Å²) in [4.78, 5) is 25.7. The van der Waals surface area contributed by atoms with E-state index in [0.29, 0.717) is 5.56 Å². The molecule has 2 amide bonds. The van der Waals surface area contributed by atoms with E-state index in [1.54, 1.807) is 13.0 Å². The molecule has 0 aliphatic carbocycles. The number of hydrogen-bond acceptors (Lipinski definition) is 3. The molecule has 0 fully saturated rings. The molecule has 160 valence electrons. The standard InChI is InChI=1S/C21H20F4N2O3/c1-3-27(20(29)11-9-14-8-10-18(30-2)16(22)12-14)13-19(28)26-17-7-5-4-6-15(17)21(23,24)25/h4-12H,3,13H2,1-2H3,(H,26,28)/b11-9+. The Morgan fingerprint density at radius 2 is 1.87 bits per heavy atom. The first kappa shape index (κ1) is 22.9. The number of ether oxygens (including phenoxy) is 1. The van der Waals surface area contributed by atoms with Crippen molar-refractivity contribution in [3.63, 3.8) is 0 Å². The molecule has 5 nitrogen and oxygen atoms in total. The first-order chi connectivity index (χ1) is 14.2. The molecular weight excluding hydrogens is 404 g/mol. The average Bonchev–Trinajstić information content (AvgIpc) is 2.70. The van der Waals surface area contributed by atoms with E-state index in [-0.39, 0.29) is 18.0 Å². The van der Waals surface area contributed by atoms with Crippen LogP contribution in [0, 0.1) is 5.82 Å². The van der Waals surface area contributed by atoms with E-state index in [0.717, 1.165) is 23.1 Å². The van der Waals surface area contributed by atoms with Crippen LogP contribution in [0.3, 0.4) is 0 Å². The van der Waals surface area contributed by atoms with Crippen LogP contribution < -0.4 is 10.1 Å². The molecule has 0 aromatic heterocycles. The number of anilines is 1. The van der Waals surface area contributed by atoms with Crippen LogP contribution in [-0.2, 0) is 15.8 Å².